The fourth-order valence-electron chi connectivity index (χ4n) is 5.12. The summed E-state index contributed by atoms with van der Waals surface area (Å²) in [6, 6.07) is 13.0. The lowest BCUT2D eigenvalue weighted by Crippen LogP contribution is -2.18. The number of nitrogens with zero attached hydrogens (tertiary/aromatic N) is 6. The van der Waals surface area contributed by atoms with Crippen LogP contribution in [0.15, 0.2) is 67.3 Å². The van der Waals surface area contributed by atoms with Crippen LogP contribution in [0.1, 0.15) is 18.4 Å². The maximum Gasteiger partial charge on any atom is 0.178 e. The van der Waals surface area contributed by atoms with E-state index in [0.717, 1.165) is 52.9 Å². The first-order valence-electron chi connectivity index (χ1n) is 12.3. The molecule has 0 amide bonds. The maximum atomic E-state index is 15.2. The van der Waals surface area contributed by atoms with Crippen molar-refractivity contribution in [3.8, 4) is 33.9 Å². The zero-order valence-corrected chi connectivity index (χ0v) is 19.9. The van der Waals surface area contributed by atoms with E-state index in [1.165, 1.54) is 18.9 Å². The van der Waals surface area contributed by atoms with E-state index in [4.69, 9.17) is 4.98 Å². The van der Waals surface area contributed by atoms with Crippen LogP contribution in [0.2, 0.25) is 0 Å². The van der Waals surface area contributed by atoms with Crippen molar-refractivity contribution in [2.24, 2.45) is 0 Å². The Bertz CT molecular complexity index is 1730. The van der Waals surface area contributed by atoms with Crippen LogP contribution in [0, 0.1) is 5.82 Å². The number of nitrogens with one attached hydrogen (secondary N) is 2. The highest BCUT2D eigenvalue weighted by molar-refractivity contribution is 5.97. The van der Waals surface area contributed by atoms with Crippen LogP contribution in [-0.4, -0.2) is 53.1 Å². The van der Waals surface area contributed by atoms with Gasteiger partial charge in [-0.3, -0.25) is 20.0 Å². The van der Waals surface area contributed by atoms with Crippen LogP contribution in [0.5, 0.6) is 0 Å². The standard InChI is InChI=1S/C28H23FN8/c29-22-13-24-21(12-20(22)18-11-17(14-30-15-18)16-37-9-3-4-10-37)26(36-35-24)28-33-25-19(6-8-32-27(25)34-28)23-5-1-2-7-31-23/h1-2,5-8,11-15H,3-4,9-10,16H2,(H,35,36)(H,32,33,34). The number of likely N-dealkylation sites (tertiary alicyclic amines) is 1. The average molecular weight is 491 g/mol. The molecular formula is C28H23FN8. The Balaban J connectivity index is 1.31. The molecule has 1 saturated heterocycles. The van der Waals surface area contributed by atoms with E-state index in [-0.39, 0.29) is 5.82 Å². The normalized spacial score (nSPS) is 14.2. The fraction of sp³-hybridized carbons (Fsp3) is 0.179. The van der Waals surface area contributed by atoms with Crippen molar-refractivity contribution in [3.63, 3.8) is 0 Å². The van der Waals surface area contributed by atoms with E-state index in [1.54, 1.807) is 18.6 Å². The first-order valence-corrected chi connectivity index (χ1v) is 12.3. The first-order chi connectivity index (χ1) is 18.2. The van der Waals surface area contributed by atoms with E-state index in [2.05, 4.69) is 35.0 Å². The van der Waals surface area contributed by atoms with Crippen LogP contribution < -0.4 is 0 Å². The van der Waals surface area contributed by atoms with E-state index >= 15 is 4.39 Å². The molecule has 0 atom stereocenters. The molecule has 2 N–H and O–H groups in total. The van der Waals surface area contributed by atoms with E-state index < -0.39 is 0 Å². The summed E-state index contributed by atoms with van der Waals surface area (Å²) in [7, 11) is 0. The zero-order valence-electron chi connectivity index (χ0n) is 19.9. The number of hydrogen-bond donors (Lipinski definition) is 2. The van der Waals surface area contributed by atoms with E-state index in [9.17, 15) is 0 Å². The van der Waals surface area contributed by atoms with Gasteiger partial charge in [-0.15, -0.1) is 0 Å². The Kier molecular flexibility index (Phi) is 5.21. The Labute approximate surface area is 211 Å². The Hall–Kier alpha value is -4.50. The highest BCUT2D eigenvalue weighted by atomic mass is 19.1. The molecule has 182 valence electrons. The lowest BCUT2D eigenvalue weighted by molar-refractivity contribution is 0.331. The quantitative estimate of drug-likeness (QED) is 0.338. The molecule has 8 nitrogen and oxygen atoms in total. The molecule has 0 aliphatic carbocycles. The average Bonchev–Trinajstić information content (AvgIpc) is 3.68. The molecule has 0 saturated carbocycles. The SMILES string of the molecule is Fc1cc2[nH]nc(-c3nc4nccc(-c5ccccn5)c4[nH]3)c2cc1-c1cncc(CN2CCCC2)c1. The van der Waals surface area contributed by atoms with E-state index in [0.29, 0.717) is 28.2 Å². The lowest BCUT2D eigenvalue weighted by Gasteiger charge is -2.15. The highest BCUT2D eigenvalue weighted by Crippen LogP contribution is 2.33. The van der Waals surface area contributed by atoms with Crippen LogP contribution >= 0.6 is 0 Å². The van der Waals surface area contributed by atoms with Gasteiger partial charge in [-0.25, -0.2) is 14.4 Å². The first kappa shape index (κ1) is 21.8. The molecule has 0 unspecified atom stereocenters. The second kappa shape index (κ2) is 8.86. The van der Waals surface area contributed by atoms with Gasteiger partial charge in [0, 0.05) is 59.5 Å². The summed E-state index contributed by atoms with van der Waals surface area (Å²) in [6.45, 7) is 3.01. The molecule has 0 radical (unpaired) electrons. The predicted octanol–water partition coefficient (Wildman–Crippen LogP) is 5.36. The van der Waals surface area contributed by atoms with Crippen molar-refractivity contribution in [1.29, 1.82) is 0 Å². The summed E-state index contributed by atoms with van der Waals surface area (Å²) >= 11 is 0. The van der Waals surface area contributed by atoms with Crippen molar-refractivity contribution in [3.05, 3.63) is 78.6 Å². The molecule has 7 rings (SSSR count). The van der Waals surface area contributed by atoms with Gasteiger partial charge in [-0.2, -0.15) is 5.10 Å². The number of pyridine rings is 3. The predicted molar refractivity (Wildman–Crippen MR) is 140 cm³/mol. The molecule has 1 fully saturated rings. The number of halogens is 1. The number of rotatable bonds is 5. The van der Waals surface area contributed by atoms with Gasteiger partial charge in [0.15, 0.2) is 11.5 Å². The van der Waals surface area contributed by atoms with Gasteiger partial charge in [0.05, 0.1) is 16.7 Å². The fourth-order valence-corrected chi connectivity index (χ4v) is 5.12. The van der Waals surface area contributed by atoms with Crippen molar-refractivity contribution >= 4 is 22.1 Å². The molecule has 1 aliphatic rings. The molecule has 37 heavy (non-hydrogen) atoms. The maximum absolute atomic E-state index is 15.2. The molecule has 0 bridgehead atoms. The minimum Gasteiger partial charge on any atom is -0.335 e. The van der Waals surface area contributed by atoms with Crippen molar-refractivity contribution < 1.29 is 4.39 Å². The molecule has 6 heterocycles. The minimum absolute atomic E-state index is 0.327. The van der Waals surface area contributed by atoms with Crippen molar-refractivity contribution in [1.82, 2.24) is 40.0 Å². The van der Waals surface area contributed by atoms with Crippen LogP contribution in [0.3, 0.4) is 0 Å². The molecule has 1 aromatic carbocycles. The third kappa shape index (κ3) is 3.93. The third-order valence-electron chi connectivity index (χ3n) is 6.92. The number of aromatic nitrogens is 7. The number of hydrogen-bond acceptors (Lipinski definition) is 6. The van der Waals surface area contributed by atoms with Crippen molar-refractivity contribution in [2.45, 2.75) is 19.4 Å². The van der Waals surface area contributed by atoms with Gasteiger partial charge in [0.2, 0.25) is 0 Å². The van der Waals surface area contributed by atoms with Gasteiger partial charge in [0.1, 0.15) is 11.5 Å². The summed E-state index contributed by atoms with van der Waals surface area (Å²) in [4.78, 5) is 23.8. The largest absolute Gasteiger partial charge is 0.335 e. The van der Waals surface area contributed by atoms with Gasteiger partial charge in [-0.05, 0) is 61.8 Å². The minimum atomic E-state index is -0.327. The second-order valence-corrected chi connectivity index (χ2v) is 9.37. The summed E-state index contributed by atoms with van der Waals surface area (Å²) in [6.07, 6.45) is 9.49. The number of aromatic amines is 2. The second-order valence-electron chi connectivity index (χ2n) is 9.37. The Morgan fingerprint density at radius 2 is 1.86 bits per heavy atom. The van der Waals surface area contributed by atoms with Crippen LogP contribution in [0.25, 0.3) is 56.0 Å². The Morgan fingerprint density at radius 3 is 2.73 bits per heavy atom. The van der Waals surface area contributed by atoms with Gasteiger partial charge < -0.3 is 4.98 Å². The monoisotopic (exact) mass is 490 g/mol. The summed E-state index contributed by atoms with van der Waals surface area (Å²) in [5.74, 6) is 0.224. The summed E-state index contributed by atoms with van der Waals surface area (Å²) in [5, 5.41) is 8.19. The lowest BCUT2D eigenvalue weighted by atomic mass is 10.0. The van der Waals surface area contributed by atoms with Gasteiger partial charge in [0.25, 0.3) is 0 Å². The molecular weight excluding hydrogens is 467 g/mol. The smallest absolute Gasteiger partial charge is 0.178 e. The highest BCUT2D eigenvalue weighted by Gasteiger charge is 2.19. The van der Waals surface area contributed by atoms with Crippen LogP contribution in [-0.2, 0) is 6.54 Å². The number of imidazole rings is 1. The molecule has 9 heteroatoms. The number of fused-ring (bicyclic) bond motifs is 2. The topological polar surface area (TPSA) is 99.3 Å². The summed E-state index contributed by atoms with van der Waals surface area (Å²) < 4.78 is 15.2. The number of H-pyrrole nitrogens is 2. The Morgan fingerprint density at radius 1 is 0.946 bits per heavy atom. The number of benzene rings is 1. The molecule has 6 aromatic rings. The summed E-state index contributed by atoms with van der Waals surface area (Å²) in [5.41, 5.74) is 6.56. The molecule has 0 spiro atoms. The van der Waals surface area contributed by atoms with Crippen molar-refractivity contribution in [2.75, 3.05) is 13.1 Å². The molecule has 1 aliphatic heterocycles. The van der Waals surface area contributed by atoms with Gasteiger partial charge >= 0.3 is 0 Å². The third-order valence-corrected chi connectivity index (χ3v) is 6.92. The van der Waals surface area contributed by atoms with Gasteiger partial charge in [-0.1, -0.05) is 6.07 Å². The molecule has 5 aromatic heterocycles. The van der Waals surface area contributed by atoms with Crippen LogP contribution in [0.4, 0.5) is 4.39 Å². The zero-order chi connectivity index (χ0) is 24.8. The van der Waals surface area contributed by atoms with E-state index in [1.807, 2.05) is 42.6 Å².